The van der Waals surface area contributed by atoms with E-state index in [1.807, 2.05) is 0 Å². The van der Waals surface area contributed by atoms with Crippen molar-refractivity contribution in [3.05, 3.63) is 53.6 Å². The molecule has 5 atom stereocenters. The van der Waals surface area contributed by atoms with Crippen molar-refractivity contribution in [2.45, 2.75) is 43.5 Å². The van der Waals surface area contributed by atoms with Crippen molar-refractivity contribution in [1.29, 1.82) is 0 Å². The summed E-state index contributed by atoms with van der Waals surface area (Å²) < 4.78 is 15.9. The highest BCUT2D eigenvalue weighted by Gasteiger charge is 2.45. The van der Waals surface area contributed by atoms with Gasteiger partial charge in [0.15, 0.2) is 23.0 Å². The van der Waals surface area contributed by atoms with E-state index in [0.29, 0.717) is 11.1 Å². The number of phenols is 3. The van der Waals surface area contributed by atoms with E-state index in [1.165, 1.54) is 42.5 Å². The van der Waals surface area contributed by atoms with E-state index in [1.54, 1.807) is 0 Å². The van der Waals surface area contributed by atoms with Crippen molar-refractivity contribution >= 4 is 18.0 Å². The molecule has 0 bridgehead atoms. The maximum Gasteiger partial charge on any atom is 0.330 e. The van der Waals surface area contributed by atoms with Crippen LogP contribution in [0.25, 0.3) is 6.08 Å². The fourth-order valence-corrected chi connectivity index (χ4v) is 3.37. The highest BCUT2D eigenvalue weighted by molar-refractivity contribution is 5.87. The molecule has 5 unspecified atom stereocenters. The second-order valence-electron chi connectivity index (χ2n) is 8.04. The lowest BCUT2D eigenvalue weighted by Crippen LogP contribution is -2.60. The van der Waals surface area contributed by atoms with Gasteiger partial charge in [0.2, 0.25) is 6.29 Å². The summed E-state index contributed by atoms with van der Waals surface area (Å²) in [7, 11) is 0. The fourth-order valence-electron chi connectivity index (χ4n) is 3.37. The SMILES string of the molecule is O=C(O)CCc1ccc(OC2OC(COC(=O)C=Cc3ccc(O)c(O)c3)C(O)C(O)C2O)c(O)c1. The molecule has 1 saturated heterocycles. The van der Waals surface area contributed by atoms with Gasteiger partial charge in [-0.05, 0) is 47.9 Å². The number of carboxylic acid groups (broad SMARTS) is 1. The van der Waals surface area contributed by atoms with Gasteiger partial charge in [0, 0.05) is 12.5 Å². The first-order valence-electron chi connectivity index (χ1n) is 10.8. The molecule has 2 aromatic rings. The summed E-state index contributed by atoms with van der Waals surface area (Å²) in [6, 6.07) is 8.04. The molecule has 1 fully saturated rings. The third kappa shape index (κ3) is 6.86. The van der Waals surface area contributed by atoms with Gasteiger partial charge in [0.1, 0.15) is 31.0 Å². The van der Waals surface area contributed by atoms with Crippen LogP contribution in [0.15, 0.2) is 42.5 Å². The molecule has 2 aromatic carbocycles. The predicted molar refractivity (Wildman–Crippen MR) is 121 cm³/mol. The maximum absolute atomic E-state index is 12.0. The zero-order chi connectivity index (χ0) is 26.4. The van der Waals surface area contributed by atoms with Crippen LogP contribution in [-0.2, 0) is 25.5 Å². The van der Waals surface area contributed by atoms with E-state index in [4.69, 9.17) is 19.3 Å². The Bertz CT molecular complexity index is 1110. The molecular formula is C24H26O12. The van der Waals surface area contributed by atoms with Crippen molar-refractivity contribution in [2.75, 3.05) is 6.61 Å². The highest BCUT2D eigenvalue weighted by atomic mass is 16.7. The highest BCUT2D eigenvalue weighted by Crippen LogP contribution is 2.31. The van der Waals surface area contributed by atoms with E-state index in [-0.39, 0.29) is 35.8 Å². The third-order valence-corrected chi connectivity index (χ3v) is 5.36. The minimum Gasteiger partial charge on any atom is -0.504 e. The van der Waals surface area contributed by atoms with Crippen LogP contribution in [0, 0.1) is 0 Å². The fraction of sp³-hybridized carbons (Fsp3) is 0.333. The van der Waals surface area contributed by atoms with E-state index in [9.17, 15) is 40.2 Å². The van der Waals surface area contributed by atoms with Gasteiger partial charge in [-0.2, -0.15) is 0 Å². The minimum atomic E-state index is -1.72. The average Bonchev–Trinajstić information content (AvgIpc) is 2.84. The molecule has 1 aliphatic rings. The molecule has 7 N–H and O–H groups in total. The summed E-state index contributed by atoms with van der Waals surface area (Å²) in [6.45, 7) is -0.519. The number of aliphatic carboxylic acids is 1. The smallest absolute Gasteiger partial charge is 0.330 e. The zero-order valence-corrected chi connectivity index (χ0v) is 18.8. The Hall–Kier alpha value is -3.84. The normalized spacial score (nSPS) is 23.9. The van der Waals surface area contributed by atoms with Crippen LogP contribution in [0.2, 0.25) is 0 Å². The standard InChI is InChI=1S/C24H26O12/c25-14-5-1-12(9-15(14)26)4-8-20(30)34-11-18-21(31)22(32)23(33)24(36-18)35-17-6-2-13(10-16(17)27)3-7-19(28)29/h1-2,4-6,8-10,18,21-27,31-33H,3,7,11H2,(H,28,29). The number of rotatable bonds is 9. The molecule has 194 valence electrons. The Kier molecular flexibility index (Phi) is 8.72. The van der Waals surface area contributed by atoms with Gasteiger partial charge in [-0.3, -0.25) is 4.79 Å². The number of benzene rings is 2. The van der Waals surface area contributed by atoms with Crippen LogP contribution in [0.3, 0.4) is 0 Å². The molecule has 12 nitrogen and oxygen atoms in total. The number of hydrogen-bond acceptors (Lipinski definition) is 11. The van der Waals surface area contributed by atoms with Gasteiger partial charge in [0.25, 0.3) is 0 Å². The van der Waals surface area contributed by atoms with E-state index in [0.717, 1.165) is 6.08 Å². The van der Waals surface area contributed by atoms with Gasteiger partial charge < -0.3 is 50.0 Å². The summed E-state index contributed by atoms with van der Waals surface area (Å²) in [4.78, 5) is 22.7. The molecule has 0 saturated carbocycles. The monoisotopic (exact) mass is 506 g/mol. The molecule has 0 aliphatic carbocycles. The van der Waals surface area contributed by atoms with Crippen LogP contribution >= 0.6 is 0 Å². The largest absolute Gasteiger partial charge is 0.504 e. The van der Waals surface area contributed by atoms with E-state index < -0.39 is 49.3 Å². The molecule has 0 aromatic heterocycles. The number of aliphatic hydroxyl groups excluding tert-OH is 3. The molecule has 1 aliphatic heterocycles. The number of esters is 1. The molecular weight excluding hydrogens is 480 g/mol. The lowest BCUT2D eigenvalue weighted by Gasteiger charge is -2.39. The number of aryl methyl sites for hydroxylation is 1. The molecule has 12 heteroatoms. The first-order valence-corrected chi connectivity index (χ1v) is 10.8. The van der Waals surface area contributed by atoms with Crippen molar-refractivity contribution in [1.82, 2.24) is 0 Å². The molecule has 3 rings (SSSR count). The number of aliphatic hydroxyl groups is 3. The van der Waals surface area contributed by atoms with Crippen LogP contribution in [0.5, 0.6) is 23.0 Å². The Labute approximate surface area is 204 Å². The predicted octanol–water partition coefficient (Wildman–Crippen LogP) is 0.264. The topological polar surface area (TPSA) is 203 Å². The average molecular weight is 506 g/mol. The molecule has 0 amide bonds. The second-order valence-corrected chi connectivity index (χ2v) is 8.04. The van der Waals surface area contributed by atoms with Gasteiger partial charge in [-0.1, -0.05) is 12.1 Å². The van der Waals surface area contributed by atoms with Gasteiger partial charge >= 0.3 is 11.9 Å². The van der Waals surface area contributed by atoms with Crippen molar-refractivity contribution in [3.8, 4) is 23.0 Å². The van der Waals surface area contributed by atoms with Gasteiger partial charge in [-0.15, -0.1) is 0 Å². The number of aromatic hydroxyl groups is 3. The lowest BCUT2D eigenvalue weighted by atomic mass is 9.99. The van der Waals surface area contributed by atoms with Crippen molar-refractivity contribution < 1.29 is 59.5 Å². The summed E-state index contributed by atoms with van der Waals surface area (Å²) in [6.07, 6.45) is -5.51. The molecule has 0 spiro atoms. The number of phenolic OH excluding ortho intramolecular Hbond substituents is 3. The summed E-state index contributed by atoms with van der Waals surface area (Å²) >= 11 is 0. The van der Waals surface area contributed by atoms with Crippen molar-refractivity contribution in [3.63, 3.8) is 0 Å². The zero-order valence-electron chi connectivity index (χ0n) is 18.8. The molecule has 36 heavy (non-hydrogen) atoms. The van der Waals surface area contributed by atoms with Gasteiger partial charge in [0.05, 0.1) is 0 Å². The van der Waals surface area contributed by atoms with Crippen LogP contribution in [-0.4, -0.2) is 85.0 Å². The van der Waals surface area contributed by atoms with Gasteiger partial charge in [-0.25, -0.2) is 4.79 Å². The van der Waals surface area contributed by atoms with Crippen LogP contribution in [0.1, 0.15) is 17.5 Å². The number of carbonyl (C=O) groups excluding carboxylic acids is 1. The molecule has 0 radical (unpaired) electrons. The Morgan fingerprint density at radius 1 is 0.917 bits per heavy atom. The second kappa shape index (κ2) is 11.7. The number of carboxylic acids is 1. The Morgan fingerprint density at radius 3 is 2.33 bits per heavy atom. The quantitative estimate of drug-likeness (QED) is 0.139. The van der Waals surface area contributed by atoms with E-state index in [2.05, 4.69) is 0 Å². The minimum absolute atomic E-state index is 0.127. The van der Waals surface area contributed by atoms with Crippen LogP contribution in [0.4, 0.5) is 0 Å². The first kappa shape index (κ1) is 26.8. The lowest BCUT2D eigenvalue weighted by molar-refractivity contribution is -0.278. The summed E-state index contributed by atoms with van der Waals surface area (Å²) in [5.74, 6) is -3.02. The summed E-state index contributed by atoms with van der Waals surface area (Å²) in [5, 5.41) is 68.4. The number of hydrogen-bond donors (Lipinski definition) is 7. The third-order valence-electron chi connectivity index (χ3n) is 5.36. The number of carbonyl (C=O) groups is 2. The first-order chi connectivity index (χ1) is 17.0. The summed E-state index contributed by atoms with van der Waals surface area (Å²) in [5.41, 5.74) is 0.931. The van der Waals surface area contributed by atoms with E-state index >= 15 is 0 Å². The Morgan fingerprint density at radius 2 is 1.67 bits per heavy atom. The number of ether oxygens (including phenoxy) is 3. The maximum atomic E-state index is 12.0. The molecule has 1 heterocycles. The Balaban J connectivity index is 1.60. The van der Waals surface area contributed by atoms with Crippen LogP contribution < -0.4 is 4.74 Å². The van der Waals surface area contributed by atoms with Crippen molar-refractivity contribution in [2.24, 2.45) is 0 Å².